The molecule has 0 amide bonds. The van der Waals surface area contributed by atoms with E-state index in [0.717, 1.165) is 18.7 Å². The van der Waals surface area contributed by atoms with Gasteiger partial charge in [-0.2, -0.15) is 0 Å². The molecule has 5 heteroatoms. The van der Waals surface area contributed by atoms with Crippen LogP contribution < -0.4 is 5.73 Å². The number of rotatable bonds is 3. The molecule has 1 rings (SSSR count). The molecular weight excluding hydrogens is 164 g/mol. The lowest BCUT2D eigenvalue weighted by molar-refractivity contribution is 0.674. The Morgan fingerprint density at radius 2 is 2.36 bits per heavy atom. The number of hydrogen-bond donors (Lipinski definition) is 1. The first-order valence-electron chi connectivity index (χ1n) is 3.49. The van der Waals surface area contributed by atoms with Crippen LogP contribution in [0.5, 0.6) is 0 Å². The predicted octanol–water partition coefficient (Wildman–Crippen LogP) is 0.360. The summed E-state index contributed by atoms with van der Waals surface area (Å²) in [5, 5.41) is 4.20. The minimum absolute atomic E-state index is 0.305. The van der Waals surface area contributed by atoms with Gasteiger partial charge in [0.1, 0.15) is 5.82 Å². The van der Waals surface area contributed by atoms with Crippen LogP contribution in [-0.2, 0) is 13.5 Å². The van der Waals surface area contributed by atoms with Crippen LogP contribution >= 0.6 is 11.6 Å². The molecule has 0 bridgehead atoms. The highest BCUT2D eigenvalue weighted by Crippen LogP contribution is 2.03. The van der Waals surface area contributed by atoms with E-state index in [1.807, 2.05) is 7.05 Å². The molecule has 0 atom stereocenters. The Balaban J connectivity index is 2.62. The number of nitrogens with two attached hydrogens (primary N) is 1. The van der Waals surface area contributed by atoms with Gasteiger partial charge in [0.2, 0.25) is 5.28 Å². The third kappa shape index (κ3) is 2.17. The quantitative estimate of drug-likeness (QED) is 0.720. The molecule has 0 spiro atoms. The van der Waals surface area contributed by atoms with Gasteiger partial charge < -0.3 is 5.73 Å². The summed E-state index contributed by atoms with van der Waals surface area (Å²) in [5.41, 5.74) is 5.34. The maximum Gasteiger partial charge on any atom is 0.242 e. The van der Waals surface area contributed by atoms with Gasteiger partial charge in [0, 0.05) is 13.5 Å². The average Bonchev–Trinajstić information content (AvgIpc) is 2.26. The first-order valence-corrected chi connectivity index (χ1v) is 3.87. The summed E-state index contributed by atoms with van der Waals surface area (Å²) in [6, 6.07) is 0. The van der Waals surface area contributed by atoms with Crippen molar-refractivity contribution in [2.75, 3.05) is 6.54 Å². The van der Waals surface area contributed by atoms with Gasteiger partial charge in [0.05, 0.1) is 0 Å². The second kappa shape index (κ2) is 3.69. The number of aromatic nitrogens is 3. The number of halogens is 1. The van der Waals surface area contributed by atoms with Gasteiger partial charge in [-0.1, -0.05) is 0 Å². The first kappa shape index (κ1) is 8.49. The monoisotopic (exact) mass is 174 g/mol. The molecule has 1 aromatic heterocycles. The molecule has 0 aliphatic rings. The largest absolute Gasteiger partial charge is 0.330 e. The van der Waals surface area contributed by atoms with Crippen molar-refractivity contribution >= 4 is 11.6 Å². The summed E-state index contributed by atoms with van der Waals surface area (Å²) in [6.07, 6.45) is 1.76. The van der Waals surface area contributed by atoms with Crippen LogP contribution in [0.2, 0.25) is 5.28 Å². The number of hydrogen-bond acceptors (Lipinski definition) is 3. The van der Waals surface area contributed by atoms with Crippen molar-refractivity contribution in [1.82, 2.24) is 14.8 Å². The summed E-state index contributed by atoms with van der Waals surface area (Å²) in [5.74, 6) is 0.889. The van der Waals surface area contributed by atoms with E-state index in [0.29, 0.717) is 11.8 Å². The van der Waals surface area contributed by atoms with Crippen LogP contribution in [0.4, 0.5) is 0 Å². The zero-order valence-corrected chi connectivity index (χ0v) is 7.17. The highest BCUT2D eigenvalue weighted by molar-refractivity contribution is 6.28. The molecule has 1 heterocycles. The molecule has 0 saturated heterocycles. The maximum atomic E-state index is 5.57. The zero-order chi connectivity index (χ0) is 8.27. The zero-order valence-electron chi connectivity index (χ0n) is 6.42. The Labute approximate surface area is 70.4 Å². The van der Waals surface area contributed by atoms with Gasteiger partial charge >= 0.3 is 0 Å². The van der Waals surface area contributed by atoms with E-state index in [1.54, 1.807) is 4.68 Å². The molecule has 4 nitrogen and oxygen atoms in total. The molecule has 11 heavy (non-hydrogen) atoms. The molecule has 2 N–H and O–H groups in total. The van der Waals surface area contributed by atoms with Gasteiger partial charge in [-0.15, -0.1) is 5.10 Å². The fourth-order valence-electron chi connectivity index (χ4n) is 0.861. The second-order valence-electron chi connectivity index (χ2n) is 2.31. The Bertz CT molecular complexity index is 232. The second-order valence-corrected chi connectivity index (χ2v) is 2.65. The first-order chi connectivity index (χ1) is 5.24. The molecule has 0 aliphatic carbocycles. The van der Waals surface area contributed by atoms with E-state index >= 15 is 0 Å². The Kier molecular flexibility index (Phi) is 2.84. The minimum Gasteiger partial charge on any atom is -0.330 e. The normalized spacial score (nSPS) is 10.5. The lowest BCUT2D eigenvalue weighted by Gasteiger charge is -1.95. The topological polar surface area (TPSA) is 56.7 Å². The van der Waals surface area contributed by atoms with Crippen molar-refractivity contribution in [2.24, 2.45) is 12.8 Å². The Morgan fingerprint density at radius 3 is 2.82 bits per heavy atom. The predicted molar refractivity (Wildman–Crippen MR) is 43.4 cm³/mol. The van der Waals surface area contributed by atoms with Crippen LogP contribution in [0.3, 0.4) is 0 Å². The summed E-state index contributed by atoms with van der Waals surface area (Å²) in [7, 11) is 1.82. The number of nitrogens with zero attached hydrogens (tertiary/aromatic N) is 3. The molecule has 1 aromatic rings. The van der Waals surface area contributed by atoms with Crippen molar-refractivity contribution in [3.05, 3.63) is 11.1 Å². The third-order valence-electron chi connectivity index (χ3n) is 1.43. The summed E-state index contributed by atoms with van der Waals surface area (Å²) in [4.78, 5) is 4.01. The molecule has 62 valence electrons. The van der Waals surface area contributed by atoms with Crippen molar-refractivity contribution in [2.45, 2.75) is 12.8 Å². The van der Waals surface area contributed by atoms with E-state index in [4.69, 9.17) is 17.3 Å². The smallest absolute Gasteiger partial charge is 0.242 e. The molecule has 0 saturated carbocycles. The fraction of sp³-hybridized carbons (Fsp3) is 0.667. The van der Waals surface area contributed by atoms with E-state index in [2.05, 4.69) is 10.1 Å². The lowest BCUT2D eigenvalue weighted by Crippen LogP contribution is -2.04. The van der Waals surface area contributed by atoms with Crippen molar-refractivity contribution in [1.29, 1.82) is 0 Å². The van der Waals surface area contributed by atoms with Crippen LogP contribution in [-0.4, -0.2) is 21.3 Å². The van der Waals surface area contributed by atoms with Crippen LogP contribution in [0.25, 0.3) is 0 Å². The summed E-state index contributed by atoms with van der Waals surface area (Å²) < 4.78 is 1.68. The van der Waals surface area contributed by atoms with E-state index in [1.165, 1.54) is 0 Å². The highest BCUT2D eigenvalue weighted by atomic mass is 35.5. The van der Waals surface area contributed by atoms with Gasteiger partial charge in [-0.3, -0.25) is 4.68 Å². The maximum absolute atomic E-state index is 5.57. The van der Waals surface area contributed by atoms with Crippen molar-refractivity contribution < 1.29 is 0 Å². The van der Waals surface area contributed by atoms with Crippen LogP contribution in [0.15, 0.2) is 0 Å². The van der Waals surface area contributed by atoms with Crippen molar-refractivity contribution in [3.8, 4) is 0 Å². The standard InChI is InChI=1S/C6H11ClN4/c1-11-5(3-2-4-8)9-6(7)10-11/h2-4,8H2,1H3. The molecule has 0 unspecified atom stereocenters. The molecule has 0 fully saturated rings. The molecule has 0 radical (unpaired) electrons. The molecule has 0 aliphatic heterocycles. The summed E-state index contributed by atoms with van der Waals surface area (Å²) in [6.45, 7) is 0.671. The fourth-order valence-corrected chi connectivity index (χ4v) is 1.07. The van der Waals surface area contributed by atoms with E-state index in [9.17, 15) is 0 Å². The average molecular weight is 175 g/mol. The van der Waals surface area contributed by atoms with Gasteiger partial charge in [-0.25, -0.2) is 4.98 Å². The van der Waals surface area contributed by atoms with Crippen LogP contribution in [0, 0.1) is 0 Å². The molecule has 0 aromatic carbocycles. The van der Waals surface area contributed by atoms with Gasteiger partial charge in [0.25, 0.3) is 0 Å². The Hall–Kier alpha value is -0.610. The van der Waals surface area contributed by atoms with E-state index < -0.39 is 0 Å². The Morgan fingerprint density at radius 1 is 1.64 bits per heavy atom. The number of aryl methyl sites for hydroxylation is 2. The minimum atomic E-state index is 0.305. The highest BCUT2D eigenvalue weighted by Gasteiger charge is 2.02. The van der Waals surface area contributed by atoms with Gasteiger partial charge in [0.15, 0.2) is 0 Å². The van der Waals surface area contributed by atoms with Gasteiger partial charge in [-0.05, 0) is 24.6 Å². The SMILES string of the molecule is Cn1nc(Cl)nc1CCCN. The van der Waals surface area contributed by atoms with E-state index in [-0.39, 0.29) is 0 Å². The summed E-state index contributed by atoms with van der Waals surface area (Å²) >= 11 is 5.57. The lowest BCUT2D eigenvalue weighted by atomic mass is 10.3. The van der Waals surface area contributed by atoms with Crippen molar-refractivity contribution in [3.63, 3.8) is 0 Å². The molecular formula is C6H11ClN4. The van der Waals surface area contributed by atoms with Crippen LogP contribution in [0.1, 0.15) is 12.2 Å². The third-order valence-corrected chi connectivity index (χ3v) is 1.59.